The number of likely N-dealkylation sites (tertiary alicyclic amines) is 1. The molecule has 0 bridgehead atoms. The molecule has 1 N–H and O–H groups in total. The minimum absolute atomic E-state index is 0.0461. The van der Waals surface area contributed by atoms with Crippen molar-refractivity contribution in [2.24, 2.45) is 0 Å². The zero-order valence-corrected chi connectivity index (χ0v) is 12.5. The van der Waals surface area contributed by atoms with Crippen LogP contribution in [0, 0.1) is 0 Å². The summed E-state index contributed by atoms with van der Waals surface area (Å²) in [5.74, 6) is 0.100. The summed E-state index contributed by atoms with van der Waals surface area (Å²) in [6.07, 6.45) is 5.73. The summed E-state index contributed by atoms with van der Waals surface area (Å²) in [5.41, 5.74) is 0.920. The summed E-state index contributed by atoms with van der Waals surface area (Å²) in [6.45, 7) is 4.08. The molecule has 2 rings (SSSR count). The van der Waals surface area contributed by atoms with Crippen LogP contribution in [0.4, 0.5) is 5.69 Å². The number of carbonyl (C=O) groups excluding carboxylic acids is 1. The van der Waals surface area contributed by atoms with E-state index < -0.39 is 0 Å². The van der Waals surface area contributed by atoms with Crippen LogP contribution in [0.3, 0.4) is 0 Å². The number of para-hydroxylation sites is 1. The first-order chi connectivity index (χ1) is 9.22. The van der Waals surface area contributed by atoms with Gasteiger partial charge < -0.3 is 5.32 Å². The van der Waals surface area contributed by atoms with Gasteiger partial charge in [0.15, 0.2) is 0 Å². The number of rotatable bonds is 4. The van der Waals surface area contributed by atoms with Gasteiger partial charge in [-0.25, -0.2) is 0 Å². The monoisotopic (exact) mass is 278 g/mol. The first-order valence-electron chi connectivity index (χ1n) is 6.90. The third kappa shape index (κ3) is 3.74. The van der Waals surface area contributed by atoms with Crippen LogP contribution in [0.5, 0.6) is 0 Å². The van der Waals surface area contributed by atoms with Crippen molar-refractivity contribution < 1.29 is 4.79 Å². The Morgan fingerprint density at radius 2 is 1.95 bits per heavy atom. The first kappa shape index (κ1) is 14.4. The number of hydrogen-bond donors (Lipinski definition) is 1. The SMILES string of the molecule is CSc1ccccc1NC(=O)[C@H](C)N1CCCCC1. The molecule has 1 atom stereocenters. The summed E-state index contributed by atoms with van der Waals surface area (Å²) in [7, 11) is 0. The van der Waals surface area contributed by atoms with Gasteiger partial charge in [-0.1, -0.05) is 18.6 Å². The van der Waals surface area contributed by atoms with Crippen molar-refractivity contribution in [3.8, 4) is 0 Å². The Kier molecular flexibility index (Phi) is 5.28. The molecule has 0 radical (unpaired) electrons. The van der Waals surface area contributed by atoms with E-state index in [2.05, 4.69) is 10.2 Å². The number of anilines is 1. The molecule has 0 aromatic heterocycles. The molecule has 0 aliphatic carbocycles. The average Bonchev–Trinajstić information content (AvgIpc) is 2.48. The molecular formula is C15H22N2OS. The van der Waals surface area contributed by atoms with E-state index in [1.807, 2.05) is 37.4 Å². The van der Waals surface area contributed by atoms with Crippen LogP contribution in [-0.2, 0) is 4.79 Å². The van der Waals surface area contributed by atoms with Crippen molar-refractivity contribution in [1.29, 1.82) is 0 Å². The lowest BCUT2D eigenvalue weighted by Gasteiger charge is -2.31. The van der Waals surface area contributed by atoms with E-state index in [9.17, 15) is 4.79 Å². The van der Waals surface area contributed by atoms with Crippen LogP contribution >= 0.6 is 11.8 Å². The number of benzene rings is 1. The molecule has 1 saturated heterocycles. The van der Waals surface area contributed by atoms with Crippen molar-refractivity contribution in [3.63, 3.8) is 0 Å². The number of hydrogen-bond acceptors (Lipinski definition) is 3. The standard InChI is InChI=1S/C15H22N2OS/c1-12(17-10-6-3-7-11-17)15(18)16-13-8-4-5-9-14(13)19-2/h4-5,8-9,12H,3,6-7,10-11H2,1-2H3,(H,16,18)/t12-/m0/s1. The van der Waals surface area contributed by atoms with Crippen LogP contribution in [0.15, 0.2) is 29.2 Å². The topological polar surface area (TPSA) is 32.3 Å². The average molecular weight is 278 g/mol. The molecular weight excluding hydrogens is 256 g/mol. The van der Waals surface area contributed by atoms with Gasteiger partial charge in [0.1, 0.15) is 0 Å². The van der Waals surface area contributed by atoms with Gasteiger partial charge in [0.2, 0.25) is 5.91 Å². The molecule has 0 saturated carbocycles. The summed E-state index contributed by atoms with van der Waals surface area (Å²) in [5, 5.41) is 3.06. The van der Waals surface area contributed by atoms with Crippen molar-refractivity contribution in [3.05, 3.63) is 24.3 Å². The van der Waals surface area contributed by atoms with Gasteiger partial charge in [0.25, 0.3) is 0 Å². The molecule has 4 heteroatoms. The molecule has 1 aliphatic heterocycles. The summed E-state index contributed by atoms with van der Waals surface area (Å²) >= 11 is 1.66. The molecule has 1 fully saturated rings. The molecule has 1 heterocycles. The Bertz CT molecular complexity index is 430. The zero-order valence-electron chi connectivity index (χ0n) is 11.7. The number of nitrogens with one attached hydrogen (secondary N) is 1. The maximum absolute atomic E-state index is 12.3. The normalized spacial score (nSPS) is 18.0. The van der Waals surface area contributed by atoms with E-state index in [0.717, 1.165) is 23.7 Å². The van der Waals surface area contributed by atoms with Gasteiger partial charge in [-0.2, -0.15) is 0 Å². The maximum Gasteiger partial charge on any atom is 0.241 e. The molecule has 3 nitrogen and oxygen atoms in total. The van der Waals surface area contributed by atoms with E-state index in [0.29, 0.717) is 0 Å². The smallest absolute Gasteiger partial charge is 0.241 e. The fourth-order valence-electron chi connectivity index (χ4n) is 2.46. The largest absolute Gasteiger partial charge is 0.324 e. The van der Waals surface area contributed by atoms with E-state index in [-0.39, 0.29) is 11.9 Å². The minimum Gasteiger partial charge on any atom is -0.324 e. The summed E-state index contributed by atoms with van der Waals surface area (Å²) in [4.78, 5) is 15.7. The minimum atomic E-state index is -0.0461. The van der Waals surface area contributed by atoms with E-state index in [4.69, 9.17) is 0 Å². The summed E-state index contributed by atoms with van der Waals surface area (Å²) in [6, 6.07) is 7.91. The molecule has 1 amide bonds. The quantitative estimate of drug-likeness (QED) is 0.858. The lowest BCUT2D eigenvalue weighted by Crippen LogP contribution is -2.44. The predicted octanol–water partition coefficient (Wildman–Crippen LogP) is 3.22. The fourth-order valence-corrected chi connectivity index (χ4v) is 3.01. The second kappa shape index (κ2) is 6.96. The number of piperidine rings is 1. The number of nitrogens with zero attached hydrogens (tertiary/aromatic N) is 1. The highest BCUT2D eigenvalue weighted by atomic mass is 32.2. The van der Waals surface area contributed by atoms with Gasteiger partial charge in [-0.3, -0.25) is 9.69 Å². The van der Waals surface area contributed by atoms with Crippen LogP contribution < -0.4 is 5.32 Å². The first-order valence-corrected chi connectivity index (χ1v) is 8.13. The van der Waals surface area contributed by atoms with Crippen LogP contribution in [0.1, 0.15) is 26.2 Å². The lowest BCUT2D eigenvalue weighted by atomic mass is 10.1. The Balaban J connectivity index is 1.99. The van der Waals surface area contributed by atoms with E-state index >= 15 is 0 Å². The third-order valence-electron chi connectivity index (χ3n) is 3.68. The highest BCUT2D eigenvalue weighted by Gasteiger charge is 2.23. The summed E-state index contributed by atoms with van der Waals surface area (Å²) < 4.78 is 0. The van der Waals surface area contributed by atoms with Gasteiger partial charge in [0, 0.05) is 4.90 Å². The molecule has 1 aliphatic rings. The van der Waals surface area contributed by atoms with Crippen LogP contribution in [0.25, 0.3) is 0 Å². The van der Waals surface area contributed by atoms with Gasteiger partial charge in [-0.15, -0.1) is 11.8 Å². The van der Waals surface area contributed by atoms with Gasteiger partial charge in [-0.05, 0) is 51.2 Å². The molecule has 19 heavy (non-hydrogen) atoms. The second-order valence-corrected chi connectivity index (χ2v) is 5.81. The molecule has 1 aromatic carbocycles. The fraction of sp³-hybridized carbons (Fsp3) is 0.533. The van der Waals surface area contributed by atoms with Crippen molar-refractivity contribution in [1.82, 2.24) is 4.90 Å². The van der Waals surface area contributed by atoms with Gasteiger partial charge >= 0.3 is 0 Å². The third-order valence-corrected chi connectivity index (χ3v) is 4.48. The molecule has 1 aromatic rings. The number of amides is 1. The molecule has 0 unspecified atom stereocenters. The second-order valence-electron chi connectivity index (χ2n) is 4.96. The Hall–Kier alpha value is -1.00. The number of carbonyl (C=O) groups is 1. The van der Waals surface area contributed by atoms with E-state index in [1.165, 1.54) is 19.3 Å². The highest BCUT2D eigenvalue weighted by Crippen LogP contribution is 2.25. The van der Waals surface area contributed by atoms with Gasteiger partial charge in [0.05, 0.1) is 11.7 Å². The van der Waals surface area contributed by atoms with E-state index in [1.54, 1.807) is 11.8 Å². The Morgan fingerprint density at radius 3 is 2.63 bits per heavy atom. The zero-order chi connectivity index (χ0) is 13.7. The Morgan fingerprint density at radius 1 is 1.26 bits per heavy atom. The van der Waals surface area contributed by atoms with Crippen molar-refractivity contribution in [2.75, 3.05) is 24.7 Å². The van der Waals surface area contributed by atoms with Crippen LogP contribution in [0.2, 0.25) is 0 Å². The van der Waals surface area contributed by atoms with Crippen molar-refractivity contribution >= 4 is 23.4 Å². The highest BCUT2D eigenvalue weighted by molar-refractivity contribution is 7.98. The Labute approximate surface area is 119 Å². The molecule has 104 valence electrons. The molecule has 0 spiro atoms. The number of thioether (sulfide) groups is 1. The lowest BCUT2D eigenvalue weighted by molar-refractivity contribution is -0.121. The van der Waals surface area contributed by atoms with Crippen LogP contribution in [-0.4, -0.2) is 36.2 Å². The maximum atomic E-state index is 12.3. The van der Waals surface area contributed by atoms with Crippen molar-refractivity contribution in [2.45, 2.75) is 37.1 Å². The predicted molar refractivity (Wildman–Crippen MR) is 81.7 cm³/mol.